The van der Waals surface area contributed by atoms with Gasteiger partial charge >= 0.3 is 6.18 Å². The molecule has 2 rings (SSSR count). The second-order valence-corrected chi connectivity index (χ2v) is 6.95. The summed E-state index contributed by atoms with van der Waals surface area (Å²) < 4.78 is 48.3. The zero-order chi connectivity index (χ0) is 18.8. The van der Waals surface area contributed by atoms with Crippen molar-refractivity contribution in [2.75, 3.05) is 59.6 Å². The number of nitrogens with one attached hydrogen (secondary N) is 2. The molecular weight excluding hydrogens is 476 g/mol. The van der Waals surface area contributed by atoms with Crippen LogP contribution in [-0.4, -0.2) is 82.7 Å². The molecule has 2 heterocycles. The fourth-order valence-corrected chi connectivity index (χ4v) is 3.31. The Labute approximate surface area is 176 Å². The highest BCUT2D eigenvalue weighted by atomic mass is 127. The first-order chi connectivity index (χ1) is 12.5. The van der Waals surface area contributed by atoms with Crippen molar-refractivity contribution in [2.45, 2.75) is 38.0 Å². The molecule has 0 saturated carbocycles. The van der Waals surface area contributed by atoms with Crippen molar-refractivity contribution >= 4 is 29.9 Å². The number of ether oxygens (including phenoxy) is 2. The van der Waals surface area contributed by atoms with Crippen molar-refractivity contribution in [1.82, 2.24) is 15.5 Å². The number of hydrogen-bond acceptors (Lipinski definition) is 4. The third-order valence-electron chi connectivity index (χ3n) is 4.64. The molecule has 2 N–H and O–H groups in total. The van der Waals surface area contributed by atoms with Crippen LogP contribution in [0.15, 0.2) is 4.99 Å². The van der Waals surface area contributed by atoms with Gasteiger partial charge in [-0.25, -0.2) is 0 Å². The predicted molar refractivity (Wildman–Crippen MR) is 110 cm³/mol. The molecule has 0 radical (unpaired) electrons. The molecule has 0 amide bonds. The van der Waals surface area contributed by atoms with Crippen LogP contribution in [0.4, 0.5) is 13.2 Å². The molecule has 27 heavy (non-hydrogen) atoms. The van der Waals surface area contributed by atoms with Gasteiger partial charge in [0.25, 0.3) is 0 Å². The van der Waals surface area contributed by atoms with E-state index in [0.717, 1.165) is 38.8 Å². The van der Waals surface area contributed by atoms with E-state index in [1.54, 1.807) is 7.05 Å². The Kier molecular flexibility index (Phi) is 11.9. The van der Waals surface area contributed by atoms with E-state index in [2.05, 4.69) is 15.6 Å². The van der Waals surface area contributed by atoms with Crippen LogP contribution in [0, 0.1) is 5.92 Å². The number of guanidine groups is 1. The number of hydrogen-bond donors (Lipinski definition) is 2. The first kappa shape index (κ1) is 24.7. The summed E-state index contributed by atoms with van der Waals surface area (Å²) in [5.41, 5.74) is 0. The lowest BCUT2D eigenvalue weighted by atomic mass is 10.1. The van der Waals surface area contributed by atoms with Gasteiger partial charge in [-0.1, -0.05) is 0 Å². The van der Waals surface area contributed by atoms with Crippen molar-refractivity contribution in [3.05, 3.63) is 0 Å². The highest BCUT2D eigenvalue weighted by Crippen LogP contribution is 2.22. The molecule has 2 aliphatic heterocycles. The van der Waals surface area contributed by atoms with E-state index in [1.165, 1.54) is 4.90 Å². The maximum absolute atomic E-state index is 12.4. The van der Waals surface area contributed by atoms with Gasteiger partial charge in [0.2, 0.25) is 0 Å². The lowest BCUT2D eigenvalue weighted by Crippen LogP contribution is -2.41. The van der Waals surface area contributed by atoms with E-state index in [4.69, 9.17) is 9.47 Å². The molecule has 10 heteroatoms. The molecule has 0 bridgehead atoms. The van der Waals surface area contributed by atoms with Crippen LogP contribution >= 0.6 is 24.0 Å². The van der Waals surface area contributed by atoms with Crippen LogP contribution < -0.4 is 10.6 Å². The fourth-order valence-electron chi connectivity index (χ4n) is 3.31. The second-order valence-electron chi connectivity index (χ2n) is 6.95. The van der Waals surface area contributed by atoms with Gasteiger partial charge in [-0.15, -0.1) is 24.0 Å². The van der Waals surface area contributed by atoms with Gasteiger partial charge in [0.1, 0.15) is 0 Å². The van der Waals surface area contributed by atoms with E-state index in [1.807, 2.05) is 0 Å². The molecule has 2 aliphatic rings. The molecule has 2 unspecified atom stereocenters. The van der Waals surface area contributed by atoms with Gasteiger partial charge in [0, 0.05) is 39.9 Å². The Hall–Kier alpha value is -0.330. The average Bonchev–Trinajstić information content (AvgIpc) is 3.24. The Morgan fingerprint density at radius 1 is 1.30 bits per heavy atom. The van der Waals surface area contributed by atoms with Crippen LogP contribution in [0.2, 0.25) is 0 Å². The van der Waals surface area contributed by atoms with Crippen molar-refractivity contribution < 1.29 is 22.6 Å². The highest BCUT2D eigenvalue weighted by Gasteiger charge is 2.34. The highest BCUT2D eigenvalue weighted by molar-refractivity contribution is 14.0. The zero-order valence-electron chi connectivity index (χ0n) is 15.9. The van der Waals surface area contributed by atoms with E-state index >= 15 is 0 Å². The summed E-state index contributed by atoms with van der Waals surface area (Å²) >= 11 is 0. The first-order valence-corrected chi connectivity index (χ1v) is 9.39. The minimum absolute atomic E-state index is 0. The maximum Gasteiger partial charge on any atom is 0.401 e. The Bertz CT molecular complexity index is 435. The normalized spacial score (nSPS) is 24.1. The van der Waals surface area contributed by atoms with Gasteiger partial charge < -0.3 is 20.1 Å². The van der Waals surface area contributed by atoms with Crippen LogP contribution in [0.5, 0.6) is 0 Å². The molecule has 2 atom stereocenters. The Balaban J connectivity index is 0.00000364. The van der Waals surface area contributed by atoms with E-state index in [9.17, 15) is 13.2 Å². The van der Waals surface area contributed by atoms with Gasteiger partial charge in [-0.2, -0.15) is 13.2 Å². The summed E-state index contributed by atoms with van der Waals surface area (Å²) in [5.74, 6) is 0.893. The topological polar surface area (TPSA) is 58.1 Å². The molecular formula is C17H32F3IN4O2. The van der Waals surface area contributed by atoms with Crippen molar-refractivity contribution in [2.24, 2.45) is 10.9 Å². The molecule has 160 valence electrons. The molecule has 6 nitrogen and oxygen atoms in total. The number of nitrogens with zero attached hydrogens (tertiary/aromatic N) is 2. The van der Waals surface area contributed by atoms with Crippen LogP contribution in [0.25, 0.3) is 0 Å². The van der Waals surface area contributed by atoms with Crippen LogP contribution in [-0.2, 0) is 9.47 Å². The van der Waals surface area contributed by atoms with Crippen molar-refractivity contribution in [3.63, 3.8) is 0 Å². The number of aliphatic imine (C=N–C) groups is 1. The Morgan fingerprint density at radius 2 is 2.11 bits per heavy atom. The maximum atomic E-state index is 12.4. The molecule has 0 aromatic carbocycles. The third-order valence-corrected chi connectivity index (χ3v) is 4.64. The smallest absolute Gasteiger partial charge is 0.379 e. The summed E-state index contributed by atoms with van der Waals surface area (Å²) in [6, 6.07) is 0. The number of halogens is 4. The SMILES string of the molecule is CN=C(NCCCOCC1CCCO1)NCC1CCN(CC(F)(F)F)C1.I. The molecule has 0 aromatic heterocycles. The Morgan fingerprint density at radius 3 is 2.78 bits per heavy atom. The van der Waals surface area contributed by atoms with Crippen molar-refractivity contribution in [1.29, 1.82) is 0 Å². The lowest BCUT2D eigenvalue weighted by Gasteiger charge is -2.18. The van der Waals surface area contributed by atoms with E-state index in [-0.39, 0.29) is 36.0 Å². The summed E-state index contributed by atoms with van der Waals surface area (Å²) in [5, 5.41) is 6.41. The van der Waals surface area contributed by atoms with E-state index in [0.29, 0.717) is 38.8 Å². The summed E-state index contributed by atoms with van der Waals surface area (Å²) in [7, 11) is 1.69. The van der Waals surface area contributed by atoms with Gasteiger partial charge in [-0.05, 0) is 38.1 Å². The van der Waals surface area contributed by atoms with Gasteiger partial charge in [0.05, 0.1) is 19.3 Å². The molecule has 0 aliphatic carbocycles. The minimum Gasteiger partial charge on any atom is -0.379 e. The minimum atomic E-state index is -4.12. The molecule has 2 fully saturated rings. The monoisotopic (exact) mass is 508 g/mol. The standard InChI is InChI=1S/C17H31F3N4O2.HI/c1-21-16(22-6-3-8-25-12-15-4-2-9-26-15)23-10-14-5-7-24(11-14)13-17(18,19)20;/h14-15H,2-13H2,1H3,(H2,21,22,23);1H. The quantitative estimate of drug-likeness (QED) is 0.217. The average molecular weight is 508 g/mol. The third kappa shape index (κ3) is 10.7. The lowest BCUT2D eigenvalue weighted by molar-refractivity contribution is -0.143. The first-order valence-electron chi connectivity index (χ1n) is 9.39. The fraction of sp³-hybridized carbons (Fsp3) is 0.941. The summed E-state index contributed by atoms with van der Waals surface area (Å²) in [6.07, 6.45) is -0.0389. The van der Waals surface area contributed by atoms with Crippen LogP contribution in [0.1, 0.15) is 25.7 Å². The number of alkyl halides is 3. The number of likely N-dealkylation sites (tertiary alicyclic amines) is 1. The van der Waals surface area contributed by atoms with E-state index < -0.39 is 12.7 Å². The summed E-state index contributed by atoms with van der Waals surface area (Å²) in [6.45, 7) is 3.68. The molecule has 0 spiro atoms. The van der Waals surface area contributed by atoms with Gasteiger partial charge in [-0.3, -0.25) is 9.89 Å². The van der Waals surface area contributed by atoms with Crippen molar-refractivity contribution in [3.8, 4) is 0 Å². The van der Waals surface area contributed by atoms with Crippen LogP contribution in [0.3, 0.4) is 0 Å². The largest absolute Gasteiger partial charge is 0.401 e. The molecule has 2 saturated heterocycles. The van der Waals surface area contributed by atoms with Gasteiger partial charge in [0.15, 0.2) is 5.96 Å². The predicted octanol–water partition coefficient (Wildman–Crippen LogP) is 2.24. The second kappa shape index (κ2) is 13.0. The summed E-state index contributed by atoms with van der Waals surface area (Å²) in [4.78, 5) is 5.61. The number of rotatable bonds is 9. The molecule has 0 aromatic rings. The zero-order valence-corrected chi connectivity index (χ0v) is 18.2.